The van der Waals surface area contributed by atoms with E-state index in [0.29, 0.717) is 0 Å². The quantitative estimate of drug-likeness (QED) is 0.880. The smallest absolute Gasteiger partial charge is 0.151 e. The first-order valence-corrected chi connectivity index (χ1v) is 7.91. The highest BCUT2D eigenvalue weighted by Gasteiger charge is 2.52. The number of fused-ring (bicyclic) bond motifs is 2. The molecule has 2 heterocycles. The maximum atomic E-state index is 4.67. The largest absolute Gasteiger partial charge is 0.316 e. The first-order chi connectivity index (χ1) is 8.42. The van der Waals surface area contributed by atoms with Crippen LogP contribution in [0.1, 0.15) is 0 Å². The van der Waals surface area contributed by atoms with Gasteiger partial charge in [0.15, 0.2) is 4.34 Å². The molecule has 1 N–H and O–H groups in total. The molecule has 0 amide bonds. The molecule has 2 aromatic rings. The second kappa shape index (κ2) is 5.00. The number of aromatic nitrogens is 1. The Kier molecular flexibility index (Phi) is 3.54. The van der Waals surface area contributed by atoms with E-state index in [1.807, 2.05) is 23.1 Å². The number of thiazole rings is 1. The van der Waals surface area contributed by atoms with E-state index >= 15 is 0 Å². The summed E-state index contributed by atoms with van der Waals surface area (Å²) >= 11 is 3.78. The molecular weight excluding hydrogens is 284 g/mol. The Morgan fingerprint density at radius 3 is 2.83 bits per heavy atom. The van der Waals surface area contributed by atoms with Gasteiger partial charge in [-0.25, -0.2) is 4.98 Å². The van der Waals surface area contributed by atoms with Crippen molar-refractivity contribution in [3.05, 3.63) is 24.3 Å². The Morgan fingerprint density at radius 1 is 1.28 bits per heavy atom. The first-order valence-electron chi connectivity index (χ1n) is 6.11. The lowest BCUT2D eigenvalue weighted by Crippen LogP contribution is -2.15. The van der Waals surface area contributed by atoms with Crippen LogP contribution < -0.4 is 5.32 Å². The minimum atomic E-state index is 0. The number of halogens is 1. The molecule has 3 atom stereocenters. The molecule has 1 aromatic carbocycles. The number of nitrogens with one attached hydrogen (secondary N) is 1. The van der Waals surface area contributed by atoms with Crippen LogP contribution in [-0.2, 0) is 0 Å². The van der Waals surface area contributed by atoms with E-state index in [4.69, 9.17) is 0 Å². The van der Waals surface area contributed by atoms with Crippen LogP contribution in [-0.4, -0.2) is 23.8 Å². The average Bonchev–Trinajstić information content (AvgIpc) is 2.76. The van der Waals surface area contributed by atoms with Crippen LogP contribution >= 0.6 is 35.5 Å². The predicted octanol–water partition coefficient (Wildman–Crippen LogP) is 3.28. The van der Waals surface area contributed by atoms with Crippen molar-refractivity contribution in [1.29, 1.82) is 0 Å². The molecule has 18 heavy (non-hydrogen) atoms. The summed E-state index contributed by atoms with van der Waals surface area (Å²) in [4.78, 5) is 4.67. The molecule has 2 unspecified atom stereocenters. The molecule has 1 aromatic heterocycles. The fraction of sp³-hybridized carbons (Fsp3) is 0.462. The Labute approximate surface area is 121 Å². The highest BCUT2D eigenvalue weighted by molar-refractivity contribution is 8.01. The van der Waals surface area contributed by atoms with E-state index in [-0.39, 0.29) is 12.4 Å². The van der Waals surface area contributed by atoms with Gasteiger partial charge in [0.25, 0.3) is 0 Å². The van der Waals surface area contributed by atoms with E-state index in [0.717, 1.165) is 23.3 Å². The highest BCUT2D eigenvalue weighted by Crippen LogP contribution is 2.51. The fourth-order valence-electron chi connectivity index (χ4n) is 2.87. The normalized spacial score (nSPS) is 29.0. The monoisotopic (exact) mass is 298 g/mol. The Hall–Kier alpha value is -0.290. The van der Waals surface area contributed by atoms with Gasteiger partial charge in [0.2, 0.25) is 0 Å². The third-order valence-electron chi connectivity index (χ3n) is 3.94. The molecule has 4 rings (SSSR count). The van der Waals surface area contributed by atoms with Crippen LogP contribution in [0.4, 0.5) is 0 Å². The lowest BCUT2D eigenvalue weighted by molar-refractivity contribution is 0.640. The van der Waals surface area contributed by atoms with Gasteiger partial charge >= 0.3 is 0 Å². The van der Waals surface area contributed by atoms with Crippen LogP contribution in [0.25, 0.3) is 10.2 Å². The zero-order valence-corrected chi connectivity index (χ0v) is 12.3. The van der Waals surface area contributed by atoms with Crippen LogP contribution in [0.5, 0.6) is 0 Å². The van der Waals surface area contributed by atoms with Gasteiger partial charge in [0, 0.05) is 5.75 Å². The van der Waals surface area contributed by atoms with Gasteiger partial charge in [-0.15, -0.1) is 23.7 Å². The molecule has 0 bridgehead atoms. The molecule has 1 aliphatic carbocycles. The highest BCUT2D eigenvalue weighted by atomic mass is 35.5. The minimum absolute atomic E-state index is 0. The van der Waals surface area contributed by atoms with Crippen molar-refractivity contribution in [2.75, 3.05) is 18.8 Å². The topological polar surface area (TPSA) is 24.9 Å². The van der Waals surface area contributed by atoms with E-state index in [1.54, 1.807) is 0 Å². The summed E-state index contributed by atoms with van der Waals surface area (Å²) in [6.45, 7) is 2.49. The SMILES string of the molecule is Cl.c1ccc2sc(SCC3C4CNC[C@@H]43)nc2c1. The molecule has 2 nitrogen and oxygen atoms in total. The summed E-state index contributed by atoms with van der Waals surface area (Å²) in [6.07, 6.45) is 0. The summed E-state index contributed by atoms with van der Waals surface area (Å²) in [5.74, 6) is 4.15. The lowest BCUT2D eigenvalue weighted by atomic mass is 10.3. The molecule has 5 heteroatoms. The van der Waals surface area contributed by atoms with Crippen molar-refractivity contribution in [1.82, 2.24) is 10.3 Å². The van der Waals surface area contributed by atoms with E-state index in [9.17, 15) is 0 Å². The predicted molar refractivity (Wildman–Crippen MR) is 80.9 cm³/mol. The maximum absolute atomic E-state index is 4.67. The standard InChI is InChI=1S/C13H14N2S2.ClH/c1-2-4-12-11(3-1)15-13(17-12)16-7-10-8-5-14-6-9(8)10;/h1-4,8-10,14H,5-7H2;1H/t8-,9?,10?;/m0./s1. The molecular formula is C13H15ClN2S2. The minimum Gasteiger partial charge on any atom is -0.316 e. The van der Waals surface area contributed by atoms with Gasteiger partial charge in [-0.3, -0.25) is 0 Å². The van der Waals surface area contributed by atoms with Crippen molar-refractivity contribution < 1.29 is 0 Å². The molecule has 1 saturated carbocycles. The second-order valence-electron chi connectivity index (χ2n) is 4.91. The summed E-state index contributed by atoms with van der Waals surface area (Å²) < 4.78 is 2.55. The van der Waals surface area contributed by atoms with Crippen molar-refractivity contribution in [3.8, 4) is 0 Å². The van der Waals surface area contributed by atoms with Crippen LogP contribution in [0.15, 0.2) is 28.6 Å². The molecule has 2 aliphatic rings. The van der Waals surface area contributed by atoms with Crippen LogP contribution in [0.2, 0.25) is 0 Å². The number of nitrogens with zero attached hydrogens (tertiary/aromatic N) is 1. The number of piperidine rings is 1. The molecule has 1 aliphatic heterocycles. The van der Waals surface area contributed by atoms with Crippen molar-refractivity contribution in [2.45, 2.75) is 4.34 Å². The molecule has 1 saturated heterocycles. The van der Waals surface area contributed by atoms with Crippen molar-refractivity contribution in [2.24, 2.45) is 17.8 Å². The van der Waals surface area contributed by atoms with Gasteiger partial charge in [-0.2, -0.15) is 0 Å². The molecule has 0 spiro atoms. The summed E-state index contributed by atoms with van der Waals surface area (Å²) in [5.41, 5.74) is 1.15. The van der Waals surface area contributed by atoms with Gasteiger partial charge < -0.3 is 5.32 Å². The van der Waals surface area contributed by atoms with Crippen LogP contribution in [0.3, 0.4) is 0 Å². The third-order valence-corrected chi connectivity index (χ3v) is 6.27. The van der Waals surface area contributed by atoms with E-state index in [2.05, 4.69) is 34.6 Å². The summed E-state index contributed by atoms with van der Waals surface area (Å²) in [5, 5.41) is 3.45. The molecule has 0 radical (unpaired) electrons. The number of para-hydroxylation sites is 1. The van der Waals surface area contributed by atoms with Gasteiger partial charge in [0.05, 0.1) is 10.2 Å². The number of benzene rings is 1. The van der Waals surface area contributed by atoms with E-state index in [1.165, 1.54) is 27.9 Å². The number of hydrogen-bond acceptors (Lipinski definition) is 4. The van der Waals surface area contributed by atoms with Gasteiger partial charge in [-0.05, 0) is 43.0 Å². The Bertz CT molecular complexity index is 514. The number of rotatable bonds is 3. The molecule has 2 fully saturated rings. The lowest BCUT2D eigenvalue weighted by Gasteiger charge is -2.01. The second-order valence-corrected chi connectivity index (χ2v) is 7.21. The Balaban J connectivity index is 0.000001000. The Morgan fingerprint density at radius 2 is 2.06 bits per heavy atom. The summed E-state index contributed by atoms with van der Waals surface area (Å²) in [6, 6.07) is 8.41. The van der Waals surface area contributed by atoms with Crippen molar-refractivity contribution in [3.63, 3.8) is 0 Å². The number of thioether (sulfide) groups is 1. The first kappa shape index (κ1) is 12.7. The third kappa shape index (κ3) is 2.16. The maximum Gasteiger partial charge on any atom is 0.151 e. The average molecular weight is 299 g/mol. The van der Waals surface area contributed by atoms with Crippen molar-refractivity contribution >= 4 is 45.7 Å². The van der Waals surface area contributed by atoms with Gasteiger partial charge in [-0.1, -0.05) is 23.9 Å². The zero-order chi connectivity index (χ0) is 11.2. The zero-order valence-electron chi connectivity index (χ0n) is 9.83. The number of hydrogen-bond donors (Lipinski definition) is 1. The molecule has 96 valence electrons. The fourth-order valence-corrected chi connectivity index (χ4v) is 5.27. The van der Waals surface area contributed by atoms with Crippen LogP contribution in [0, 0.1) is 17.8 Å². The van der Waals surface area contributed by atoms with Gasteiger partial charge in [0.1, 0.15) is 0 Å². The summed E-state index contributed by atoms with van der Waals surface area (Å²) in [7, 11) is 0. The van der Waals surface area contributed by atoms with E-state index < -0.39 is 0 Å².